The van der Waals surface area contributed by atoms with E-state index in [1.54, 1.807) is 18.2 Å². The molecule has 2 amide bonds. The van der Waals surface area contributed by atoms with Crippen LogP contribution in [0.4, 0.5) is 0 Å². The Hall–Kier alpha value is -2.24. The van der Waals surface area contributed by atoms with E-state index in [0.29, 0.717) is 23.0 Å². The molecular weight excluding hydrogens is 248 g/mol. The number of carbonyl (C=O) groups is 2. The minimum absolute atomic E-state index is 0.0250. The molecule has 0 saturated heterocycles. The second-order valence-corrected chi connectivity index (χ2v) is 4.83. The molecule has 2 unspecified atom stereocenters. The average molecular weight is 262 g/mol. The van der Waals surface area contributed by atoms with Crippen molar-refractivity contribution in [3.05, 3.63) is 23.8 Å². The van der Waals surface area contributed by atoms with Crippen LogP contribution in [0.1, 0.15) is 23.7 Å². The maximum Gasteiger partial charge on any atom is 0.269 e. The van der Waals surface area contributed by atoms with Gasteiger partial charge in [-0.15, -0.1) is 0 Å². The zero-order valence-corrected chi connectivity index (χ0v) is 10.4. The summed E-state index contributed by atoms with van der Waals surface area (Å²) in [6.07, 6.45) is 0.881. The maximum absolute atomic E-state index is 11.9. The molecule has 6 nitrogen and oxygen atoms in total. The summed E-state index contributed by atoms with van der Waals surface area (Å²) in [6.45, 7) is 2.17. The molecule has 19 heavy (non-hydrogen) atoms. The standard InChI is InChI=1S/C13H14N2O4/c1-7-4-9(7)13(17)15-14-12(16)8-2-3-10-11(5-8)19-6-18-10/h2-3,5,7,9H,4,6H2,1H3,(H,14,16)(H,15,17). The molecule has 100 valence electrons. The van der Waals surface area contributed by atoms with Crippen molar-refractivity contribution < 1.29 is 19.1 Å². The number of nitrogens with one attached hydrogen (secondary N) is 2. The fraction of sp³-hybridized carbons (Fsp3) is 0.385. The zero-order valence-electron chi connectivity index (χ0n) is 10.4. The van der Waals surface area contributed by atoms with Gasteiger partial charge in [-0.25, -0.2) is 0 Å². The van der Waals surface area contributed by atoms with Crippen molar-refractivity contribution >= 4 is 11.8 Å². The number of ether oxygens (including phenoxy) is 2. The van der Waals surface area contributed by atoms with Crippen molar-refractivity contribution in [3.63, 3.8) is 0 Å². The molecule has 0 radical (unpaired) electrons. The Bertz CT molecular complexity index is 543. The van der Waals surface area contributed by atoms with Gasteiger partial charge in [-0.05, 0) is 30.5 Å². The van der Waals surface area contributed by atoms with Gasteiger partial charge in [-0.3, -0.25) is 20.4 Å². The highest BCUT2D eigenvalue weighted by atomic mass is 16.7. The second-order valence-electron chi connectivity index (χ2n) is 4.83. The summed E-state index contributed by atoms with van der Waals surface area (Å²) in [7, 11) is 0. The molecule has 2 N–H and O–H groups in total. The first-order valence-electron chi connectivity index (χ1n) is 6.15. The lowest BCUT2D eigenvalue weighted by molar-refractivity contribution is -0.123. The molecule has 1 aromatic rings. The minimum atomic E-state index is -0.375. The van der Waals surface area contributed by atoms with Crippen molar-refractivity contribution in [2.75, 3.05) is 6.79 Å². The predicted molar refractivity (Wildman–Crippen MR) is 65.4 cm³/mol. The van der Waals surface area contributed by atoms with Crippen molar-refractivity contribution in [2.45, 2.75) is 13.3 Å². The van der Waals surface area contributed by atoms with Gasteiger partial charge >= 0.3 is 0 Å². The van der Waals surface area contributed by atoms with Gasteiger partial charge in [-0.2, -0.15) is 0 Å². The number of amides is 2. The van der Waals surface area contributed by atoms with E-state index >= 15 is 0 Å². The molecule has 1 aromatic carbocycles. The van der Waals surface area contributed by atoms with Crippen LogP contribution in [-0.4, -0.2) is 18.6 Å². The largest absolute Gasteiger partial charge is 0.454 e. The smallest absolute Gasteiger partial charge is 0.269 e. The van der Waals surface area contributed by atoms with E-state index < -0.39 is 0 Å². The molecule has 1 aliphatic carbocycles. The third kappa shape index (κ3) is 2.33. The monoisotopic (exact) mass is 262 g/mol. The van der Waals surface area contributed by atoms with Crippen molar-refractivity contribution in [1.82, 2.24) is 10.9 Å². The van der Waals surface area contributed by atoms with E-state index in [4.69, 9.17) is 9.47 Å². The van der Waals surface area contributed by atoms with Crippen LogP contribution >= 0.6 is 0 Å². The van der Waals surface area contributed by atoms with Gasteiger partial charge in [0.15, 0.2) is 11.5 Å². The first-order valence-corrected chi connectivity index (χ1v) is 6.15. The lowest BCUT2D eigenvalue weighted by Gasteiger charge is -2.07. The molecule has 2 atom stereocenters. The van der Waals surface area contributed by atoms with Gasteiger partial charge in [-0.1, -0.05) is 6.92 Å². The molecule has 1 saturated carbocycles. The number of hydrogen-bond donors (Lipinski definition) is 2. The van der Waals surface area contributed by atoms with Crippen molar-refractivity contribution in [2.24, 2.45) is 11.8 Å². The number of hydrogen-bond acceptors (Lipinski definition) is 4. The van der Waals surface area contributed by atoms with E-state index in [9.17, 15) is 9.59 Å². The lowest BCUT2D eigenvalue weighted by atomic mass is 10.2. The molecule has 1 aliphatic heterocycles. The Morgan fingerprint density at radius 1 is 1.21 bits per heavy atom. The summed E-state index contributed by atoms with van der Waals surface area (Å²) in [5, 5.41) is 0. The number of hydrazine groups is 1. The van der Waals surface area contributed by atoms with Gasteiger partial charge in [0, 0.05) is 11.5 Å². The fourth-order valence-corrected chi connectivity index (χ4v) is 2.01. The van der Waals surface area contributed by atoms with Crippen LogP contribution in [0.15, 0.2) is 18.2 Å². The van der Waals surface area contributed by atoms with Gasteiger partial charge < -0.3 is 9.47 Å². The number of benzene rings is 1. The van der Waals surface area contributed by atoms with Crippen LogP contribution in [0.3, 0.4) is 0 Å². The molecule has 0 spiro atoms. The van der Waals surface area contributed by atoms with E-state index in [-0.39, 0.29) is 24.5 Å². The fourth-order valence-electron chi connectivity index (χ4n) is 2.01. The zero-order chi connectivity index (χ0) is 13.4. The highest BCUT2D eigenvalue weighted by Gasteiger charge is 2.39. The molecule has 1 fully saturated rings. The van der Waals surface area contributed by atoms with Crippen molar-refractivity contribution in [3.8, 4) is 11.5 Å². The molecule has 0 bridgehead atoms. The molecular formula is C13H14N2O4. The van der Waals surface area contributed by atoms with Crippen LogP contribution in [0.5, 0.6) is 11.5 Å². The molecule has 0 aromatic heterocycles. The maximum atomic E-state index is 11.9. The Morgan fingerprint density at radius 3 is 2.68 bits per heavy atom. The third-order valence-corrected chi connectivity index (χ3v) is 3.38. The minimum Gasteiger partial charge on any atom is -0.454 e. The summed E-state index contributed by atoms with van der Waals surface area (Å²) >= 11 is 0. The summed E-state index contributed by atoms with van der Waals surface area (Å²) in [4.78, 5) is 23.4. The van der Waals surface area contributed by atoms with Crippen LogP contribution in [-0.2, 0) is 4.79 Å². The summed E-state index contributed by atoms with van der Waals surface area (Å²) in [5.74, 6) is 1.07. The summed E-state index contributed by atoms with van der Waals surface area (Å²) in [6, 6.07) is 4.88. The Kier molecular flexibility index (Phi) is 2.77. The Balaban J connectivity index is 1.59. The van der Waals surface area contributed by atoms with E-state index in [0.717, 1.165) is 6.42 Å². The SMILES string of the molecule is CC1CC1C(=O)NNC(=O)c1ccc2c(c1)OCO2. The highest BCUT2D eigenvalue weighted by molar-refractivity contribution is 5.96. The van der Waals surface area contributed by atoms with E-state index in [1.807, 2.05) is 6.92 Å². The van der Waals surface area contributed by atoms with Gasteiger partial charge in [0.05, 0.1) is 0 Å². The highest BCUT2D eigenvalue weighted by Crippen LogP contribution is 2.37. The molecule has 3 rings (SSSR count). The number of fused-ring (bicyclic) bond motifs is 1. The van der Waals surface area contributed by atoms with Crippen LogP contribution in [0.25, 0.3) is 0 Å². The lowest BCUT2D eigenvalue weighted by Crippen LogP contribution is -2.42. The van der Waals surface area contributed by atoms with Crippen LogP contribution in [0, 0.1) is 11.8 Å². The average Bonchev–Trinajstić information content (AvgIpc) is 2.97. The molecule has 6 heteroatoms. The van der Waals surface area contributed by atoms with Crippen LogP contribution in [0.2, 0.25) is 0 Å². The van der Waals surface area contributed by atoms with E-state index in [2.05, 4.69) is 10.9 Å². The van der Waals surface area contributed by atoms with E-state index in [1.165, 1.54) is 0 Å². The predicted octanol–water partition coefficient (Wildman–Crippen LogP) is 0.832. The first kappa shape index (κ1) is 11.8. The molecule has 1 heterocycles. The Labute approximate surface area is 110 Å². The van der Waals surface area contributed by atoms with Gasteiger partial charge in [0.2, 0.25) is 12.7 Å². The quantitative estimate of drug-likeness (QED) is 0.774. The first-order chi connectivity index (χ1) is 9.15. The normalized spacial score (nSPS) is 22.8. The summed E-state index contributed by atoms with van der Waals surface area (Å²) in [5.41, 5.74) is 5.24. The van der Waals surface area contributed by atoms with Gasteiger partial charge in [0.25, 0.3) is 5.91 Å². The van der Waals surface area contributed by atoms with Crippen molar-refractivity contribution in [1.29, 1.82) is 0 Å². The van der Waals surface area contributed by atoms with Crippen LogP contribution < -0.4 is 20.3 Å². The number of rotatable bonds is 2. The topological polar surface area (TPSA) is 76.7 Å². The Morgan fingerprint density at radius 2 is 1.95 bits per heavy atom. The number of carbonyl (C=O) groups excluding carboxylic acids is 2. The summed E-state index contributed by atoms with van der Waals surface area (Å²) < 4.78 is 10.3. The molecule has 2 aliphatic rings. The van der Waals surface area contributed by atoms with Gasteiger partial charge in [0.1, 0.15) is 0 Å². The second kappa shape index (κ2) is 4.46. The third-order valence-electron chi connectivity index (χ3n) is 3.38.